The Morgan fingerprint density at radius 1 is 0.274 bits per heavy atom. The van der Waals surface area contributed by atoms with E-state index in [-0.39, 0.29) is 6.04 Å². The third-order valence-corrected chi connectivity index (χ3v) is 11.8. The maximum Gasteiger partial charge on any atom is 0.0560 e. The summed E-state index contributed by atoms with van der Waals surface area (Å²) in [6.45, 7) is 0. The van der Waals surface area contributed by atoms with E-state index in [4.69, 9.17) is 0 Å². The van der Waals surface area contributed by atoms with Crippen molar-refractivity contribution < 1.29 is 0 Å². The zero-order valence-electron chi connectivity index (χ0n) is 34.5. The molecular weight excluding hydrogens is 749 g/mol. The molecule has 0 heterocycles. The van der Waals surface area contributed by atoms with Crippen molar-refractivity contribution in [1.29, 1.82) is 0 Å². The second-order valence-corrected chi connectivity index (χ2v) is 15.7. The summed E-state index contributed by atoms with van der Waals surface area (Å²) >= 11 is 0. The Balaban J connectivity index is 0.908. The third kappa shape index (κ3) is 8.28. The summed E-state index contributed by atoms with van der Waals surface area (Å²) in [5.41, 5.74) is 17.8. The molecule has 296 valence electrons. The molecule has 0 fully saturated rings. The van der Waals surface area contributed by atoms with Gasteiger partial charge in [-0.3, -0.25) is 0 Å². The van der Waals surface area contributed by atoms with Crippen molar-refractivity contribution in [3.63, 3.8) is 0 Å². The Bertz CT molecular complexity index is 2900. The van der Waals surface area contributed by atoms with E-state index >= 15 is 0 Å². The van der Waals surface area contributed by atoms with Gasteiger partial charge in [0.05, 0.1) is 6.04 Å². The van der Waals surface area contributed by atoms with Crippen LogP contribution in [0.15, 0.2) is 261 Å². The van der Waals surface area contributed by atoms with Gasteiger partial charge in [-0.1, -0.05) is 200 Å². The highest BCUT2D eigenvalue weighted by Crippen LogP contribution is 2.39. The maximum atomic E-state index is 2.47. The van der Waals surface area contributed by atoms with Crippen LogP contribution in [0.4, 0.5) is 28.4 Å². The monoisotopic (exact) mass is 794 g/mol. The van der Waals surface area contributed by atoms with Crippen LogP contribution in [0.2, 0.25) is 0 Å². The average molecular weight is 795 g/mol. The maximum absolute atomic E-state index is 2.47. The predicted molar refractivity (Wildman–Crippen MR) is 263 cm³/mol. The van der Waals surface area contributed by atoms with Crippen molar-refractivity contribution in [2.24, 2.45) is 0 Å². The fourth-order valence-electron chi connectivity index (χ4n) is 8.55. The van der Waals surface area contributed by atoms with Gasteiger partial charge in [0.1, 0.15) is 0 Å². The second-order valence-electron chi connectivity index (χ2n) is 15.7. The number of hydrogen-bond acceptors (Lipinski definition) is 2. The number of para-hydroxylation sites is 1. The Hall–Kier alpha value is -7.94. The van der Waals surface area contributed by atoms with Crippen LogP contribution in [0.5, 0.6) is 0 Å². The standard InChI is InChI=1S/C60H46N2/c1-5-13-45(14-6-1)48-21-23-49(24-22-48)52-29-39-56(40-30-52)61(55-19-11-4-12-20-55)57-41-31-53(32-42-57)54-33-43-60(44-34-54)62(58-35-25-50(26-36-58)46-15-7-2-8-16-46)59-37-27-51(28-38-59)47-17-9-3-10-18-47/h1-37,39-44,59H,38H2/t59-/m0/s1. The van der Waals surface area contributed by atoms with Crippen LogP contribution in [0.3, 0.4) is 0 Å². The van der Waals surface area contributed by atoms with E-state index < -0.39 is 0 Å². The van der Waals surface area contributed by atoms with Crippen LogP contribution in [0.25, 0.3) is 50.1 Å². The lowest BCUT2D eigenvalue weighted by Gasteiger charge is -2.33. The van der Waals surface area contributed by atoms with Gasteiger partial charge in [0.15, 0.2) is 0 Å². The van der Waals surface area contributed by atoms with E-state index in [1.165, 1.54) is 61.3 Å². The topological polar surface area (TPSA) is 6.48 Å². The van der Waals surface area contributed by atoms with Gasteiger partial charge in [0.2, 0.25) is 0 Å². The van der Waals surface area contributed by atoms with E-state index in [2.05, 4.69) is 271 Å². The first-order chi connectivity index (χ1) is 30.7. The lowest BCUT2D eigenvalue weighted by molar-refractivity contribution is 0.787. The lowest BCUT2D eigenvalue weighted by Crippen LogP contribution is -2.30. The summed E-state index contributed by atoms with van der Waals surface area (Å²) in [5, 5.41) is 0. The first-order valence-corrected chi connectivity index (χ1v) is 21.4. The summed E-state index contributed by atoms with van der Waals surface area (Å²) in [6.07, 6.45) is 7.92. The average Bonchev–Trinajstić information content (AvgIpc) is 3.36. The fourth-order valence-corrected chi connectivity index (χ4v) is 8.55. The van der Waals surface area contributed by atoms with Crippen LogP contribution in [-0.2, 0) is 0 Å². The largest absolute Gasteiger partial charge is 0.334 e. The molecule has 9 aromatic rings. The molecule has 2 heteroatoms. The van der Waals surface area contributed by atoms with Crippen LogP contribution >= 0.6 is 0 Å². The van der Waals surface area contributed by atoms with Gasteiger partial charge < -0.3 is 9.80 Å². The first-order valence-electron chi connectivity index (χ1n) is 21.4. The Kier molecular flexibility index (Phi) is 10.9. The molecule has 1 aliphatic carbocycles. The molecule has 0 aliphatic heterocycles. The van der Waals surface area contributed by atoms with Crippen molar-refractivity contribution in [3.8, 4) is 44.5 Å². The summed E-state index contributed by atoms with van der Waals surface area (Å²) in [4.78, 5) is 4.80. The molecule has 0 amide bonds. The van der Waals surface area contributed by atoms with Crippen LogP contribution in [0, 0.1) is 0 Å². The van der Waals surface area contributed by atoms with E-state index in [1.54, 1.807) is 0 Å². The van der Waals surface area contributed by atoms with E-state index in [9.17, 15) is 0 Å². The molecule has 9 aromatic carbocycles. The SMILES string of the molecule is C1=C[C@H](N(c2ccc(-c3ccccc3)cc2)c2ccc(-c3ccc(N(c4ccccc4)c4ccc(-c5ccc(-c6ccccc6)cc5)cc4)cc3)cc2)CC=C1c1ccccc1. The second kappa shape index (κ2) is 17.7. The minimum absolute atomic E-state index is 0.174. The summed E-state index contributed by atoms with van der Waals surface area (Å²) in [7, 11) is 0. The summed E-state index contributed by atoms with van der Waals surface area (Å²) in [6, 6.07) is 87.3. The third-order valence-electron chi connectivity index (χ3n) is 11.8. The zero-order chi connectivity index (χ0) is 41.5. The minimum Gasteiger partial charge on any atom is -0.334 e. The molecule has 62 heavy (non-hydrogen) atoms. The summed E-state index contributed by atoms with van der Waals surface area (Å²) < 4.78 is 0. The highest BCUT2D eigenvalue weighted by molar-refractivity contribution is 5.82. The molecule has 0 aromatic heterocycles. The molecule has 0 saturated heterocycles. The minimum atomic E-state index is 0.174. The van der Waals surface area contributed by atoms with Gasteiger partial charge in [-0.25, -0.2) is 0 Å². The van der Waals surface area contributed by atoms with Gasteiger partial charge in [0.25, 0.3) is 0 Å². The number of hydrogen-bond donors (Lipinski definition) is 0. The van der Waals surface area contributed by atoms with Crippen molar-refractivity contribution in [3.05, 3.63) is 266 Å². The molecule has 10 rings (SSSR count). The number of rotatable bonds is 11. The highest BCUT2D eigenvalue weighted by Gasteiger charge is 2.21. The first kappa shape index (κ1) is 38.3. The smallest absolute Gasteiger partial charge is 0.0560 e. The van der Waals surface area contributed by atoms with Crippen molar-refractivity contribution in [2.45, 2.75) is 12.5 Å². The van der Waals surface area contributed by atoms with Crippen LogP contribution in [-0.4, -0.2) is 6.04 Å². The van der Waals surface area contributed by atoms with Crippen LogP contribution in [0.1, 0.15) is 12.0 Å². The van der Waals surface area contributed by atoms with E-state index in [1.807, 2.05) is 0 Å². The molecule has 1 aliphatic rings. The van der Waals surface area contributed by atoms with Crippen molar-refractivity contribution in [1.82, 2.24) is 0 Å². The van der Waals surface area contributed by atoms with Gasteiger partial charge in [-0.15, -0.1) is 0 Å². The Morgan fingerprint density at radius 2 is 0.565 bits per heavy atom. The van der Waals surface area contributed by atoms with Gasteiger partial charge >= 0.3 is 0 Å². The molecule has 0 bridgehead atoms. The van der Waals surface area contributed by atoms with Gasteiger partial charge in [0, 0.05) is 28.4 Å². The number of benzene rings is 9. The van der Waals surface area contributed by atoms with Crippen molar-refractivity contribution >= 4 is 34.0 Å². The Labute approximate surface area is 365 Å². The normalized spacial score (nSPS) is 13.3. The van der Waals surface area contributed by atoms with Crippen LogP contribution < -0.4 is 9.80 Å². The molecule has 0 saturated carbocycles. The quantitative estimate of drug-likeness (QED) is 0.129. The number of anilines is 5. The Morgan fingerprint density at radius 3 is 0.919 bits per heavy atom. The van der Waals surface area contributed by atoms with Gasteiger partial charge in [-0.05, 0) is 123 Å². The predicted octanol–water partition coefficient (Wildman–Crippen LogP) is 16.4. The lowest BCUT2D eigenvalue weighted by atomic mass is 9.95. The molecule has 2 nitrogen and oxygen atoms in total. The molecule has 1 atom stereocenters. The van der Waals surface area contributed by atoms with Gasteiger partial charge in [-0.2, -0.15) is 0 Å². The van der Waals surface area contributed by atoms with E-state index in [0.717, 1.165) is 29.2 Å². The number of nitrogens with zero attached hydrogens (tertiary/aromatic N) is 2. The molecule has 0 spiro atoms. The van der Waals surface area contributed by atoms with Crippen molar-refractivity contribution in [2.75, 3.05) is 9.80 Å². The fraction of sp³-hybridized carbons (Fsp3) is 0.0333. The zero-order valence-corrected chi connectivity index (χ0v) is 34.5. The summed E-state index contributed by atoms with van der Waals surface area (Å²) in [5.74, 6) is 0. The van der Waals surface area contributed by atoms with E-state index in [0.29, 0.717) is 0 Å². The molecular formula is C60H46N2. The molecule has 0 radical (unpaired) electrons. The number of allylic oxidation sites excluding steroid dienone is 2. The molecule has 0 unspecified atom stereocenters. The molecule has 0 N–H and O–H groups in total. The highest BCUT2D eigenvalue weighted by atomic mass is 15.2.